The highest BCUT2D eigenvalue weighted by molar-refractivity contribution is 7.46. The number of hydrogen-bond donors (Lipinski definition) is 3. The number of phosphoric ester groups is 1. The minimum atomic E-state index is -4.79. The molecule has 1 rings (SSSR count). The highest BCUT2D eigenvalue weighted by Crippen LogP contribution is 2.44. The number of aliphatic hydroxyl groups is 1. The second-order valence-electron chi connectivity index (χ2n) is 12.2. The molecule has 3 N–H and O–H groups in total. The van der Waals surface area contributed by atoms with Crippen LogP contribution < -0.4 is 0 Å². The van der Waals surface area contributed by atoms with Gasteiger partial charge in [-0.15, -0.1) is 0 Å². The van der Waals surface area contributed by atoms with Crippen molar-refractivity contribution in [2.75, 3.05) is 27.2 Å². The van der Waals surface area contributed by atoms with Crippen molar-refractivity contribution < 1.29 is 28.5 Å². The zero-order valence-electron chi connectivity index (χ0n) is 25.7. The van der Waals surface area contributed by atoms with Gasteiger partial charge in [0.25, 0.3) is 0 Å². The molecule has 0 aliphatic carbocycles. The summed E-state index contributed by atoms with van der Waals surface area (Å²) in [5.74, 6) is 0. The molecule has 1 aromatic rings. The number of phosphoric acid groups is 1. The van der Waals surface area contributed by atoms with Crippen LogP contribution in [0.2, 0.25) is 0 Å². The fourth-order valence-electron chi connectivity index (χ4n) is 5.51. The van der Waals surface area contributed by atoms with Gasteiger partial charge in [0.1, 0.15) is 18.8 Å². The number of nitrogens with zero attached hydrogens (tertiary/aromatic N) is 1. The van der Waals surface area contributed by atoms with Crippen molar-refractivity contribution in [1.82, 2.24) is 0 Å². The maximum atomic E-state index is 11.9. The molecule has 228 valence electrons. The SMILES string of the molecule is CCCCCCCCCCCC[N+](C)(C)CC(O)C(OP(=O)(O)O)c1ccccc1CCCCCCCCC. The Kier molecular flexibility index (Phi) is 19.6. The molecular formula is C32H61NO5P+. The van der Waals surface area contributed by atoms with Crippen molar-refractivity contribution in [2.24, 2.45) is 0 Å². The van der Waals surface area contributed by atoms with E-state index in [2.05, 4.69) is 27.9 Å². The van der Waals surface area contributed by atoms with Crippen LogP contribution in [0.5, 0.6) is 0 Å². The molecule has 0 amide bonds. The molecule has 0 heterocycles. The van der Waals surface area contributed by atoms with Gasteiger partial charge in [-0.3, -0.25) is 4.52 Å². The Labute approximate surface area is 240 Å². The van der Waals surface area contributed by atoms with Crippen LogP contribution in [0.15, 0.2) is 24.3 Å². The fourth-order valence-corrected chi connectivity index (χ4v) is 6.06. The molecule has 6 nitrogen and oxygen atoms in total. The van der Waals surface area contributed by atoms with E-state index in [1.807, 2.05) is 24.3 Å². The van der Waals surface area contributed by atoms with Gasteiger partial charge in [0.2, 0.25) is 0 Å². The van der Waals surface area contributed by atoms with E-state index >= 15 is 0 Å². The quantitative estimate of drug-likeness (QED) is 0.0623. The Morgan fingerprint density at radius 2 is 1.21 bits per heavy atom. The highest BCUT2D eigenvalue weighted by Gasteiger charge is 2.35. The van der Waals surface area contributed by atoms with Crippen molar-refractivity contribution in [3.63, 3.8) is 0 Å². The summed E-state index contributed by atoms with van der Waals surface area (Å²) in [4.78, 5) is 19.4. The summed E-state index contributed by atoms with van der Waals surface area (Å²) in [5.41, 5.74) is 1.70. The van der Waals surface area contributed by atoms with Gasteiger partial charge in [-0.1, -0.05) is 128 Å². The molecule has 0 aromatic heterocycles. The molecule has 39 heavy (non-hydrogen) atoms. The second kappa shape index (κ2) is 21.0. The first-order valence-electron chi connectivity index (χ1n) is 15.9. The summed E-state index contributed by atoms with van der Waals surface area (Å²) in [6, 6.07) is 7.66. The lowest BCUT2D eigenvalue weighted by molar-refractivity contribution is -0.894. The predicted molar refractivity (Wildman–Crippen MR) is 164 cm³/mol. The van der Waals surface area contributed by atoms with Gasteiger partial charge in [-0.05, 0) is 36.8 Å². The zero-order chi connectivity index (χ0) is 29.0. The van der Waals surface area contributed by atoms with E-state index in [-0.39, 0.29) is 0 Å². The third-order valence-corrected chi connectivity index (χ3v) is 8.31. The molecule has 0 saturated heterocycles. The summed E-state index contributed by atoms with van der Waals surface area (Å²) in [6.45, 7) is 5.75. The molecular weight excluding hydrogens is 509 g/mol. The van der Waals surface area contributed by atoms with Crippen molar-refractivity contribution in [2.45, 2.75) is 142 Å². The second-order valence-corrected chi connectivity index (χ2v) is 13.4. The van der Waals surface area contributed by atoms with E-state index < -0.39 is 20.0 Å². The average Bonchev–Trinajstić information content (AvgIpc) is 2.87. The molecule has 0 radical (unpaired) electrons. The molecule has 2 atom stereocenters. The lowest BCUT2D eigenvalue weighted by Gasteiger charge is -2.35. The lowest BCUT2D eigenvalue weighted by atomic mass is 9.94. The number of benzene rings is 1. The Balaban J connectivity index is 2.64. The highest BCUT2D eigenvalue weighted by atomic mass is 31.2. The molecule has 0 aliphatic rings. The number of aryl methyl sites for hydroxylation is 1. The summed E-state index contributed by atoms with van der Waals surface area (Å²) in [6.07, 6.45) is 20.0. The van der Waals surface area contributed by atoms with E-state index in [1.54, 1.807) is 0 Å². The maximum absolute atomic E-state index is 11.9. The van der Waals surface area contributed by atoms with Crippen LogP contribution in [0.25, 0.3) is 0 Å². The Hall–Kier alpha value is -0.750. The minimum Gasteiger partial charge on any atom is -0.384 e. The third-order valence-electron chi connectivity index (χ3n) is 7.81. The summed E-state index contributed by atoms with van der Waals surface area (Å²) < 4.78 is 17.7. The van der Waals surface area contributed by atoms with Gasteiger partial charge < -0.3 is 19.4 Å². The fraction of sp³-hybridized carbons (Fsp3) is 0.812. The number of quaternary nitrogens is 1. The van der Waals surface area contributed by atoms with Gasteiger partial charge in [0, 0.05) is 0 Å². The first-order valence-corrected chi connectivity index (χ1v) is 17.4. The van der Waals surface area contributed by atoms with Gasteiger partial charge in [-0.2, -0.15) is 0 Å². The zero-order valence-corrected chi connectivity index (χ0v) is 26.6. The number of hydrogen-bond acceptors (Lipinski definition) is 3. The Morgan fingerprint density at radius 1 is 0.744 bits per heavy atom. The largest absolute Gasteiger partial charge is 0.470 e. The Morgan fingerprint density at radius 3 is 1.72 bits per heavy atom. The van der Waals surface area contributed by atoms with Crippen LogP contribution in [0, 0.1) is 0 Å². The van der Waals surface area contributed by atoms with Crippen molar-refractivity contribution in [3.8, 4) is 0 Å². The normalized spacial score (nSPS) is 14.0. The van der Waals surface area contributed by atoms with Crippen LogP contribution in [0.4, 0.5) is 0 Å². The molecule has 0 aliphatic heterocycles. The number of aliphatic hydroxyl groups excluding tert-OH is 1. The van der Waals surface area contributed by atoms with Crippen molar-refractivity contribution >= 4 is 7.82 Å². The predicted octanol–water partition coefficient (Wildman–Crippen LogP) is 8.49. The molecule has 7 heteroatoms. The van der Waals surface area contributed by atoms with Crippen molar-refractivity contribution in [1.29, 1.82) is 0 Å². The topological polar surface area (TPSA) is 87.0 Å². The van der Waals surface area contributed by atoms with E-state index in [1.165, 1.54) is 89.9 Å². The van der Waals surface area contributed by atoms with Gasteiger partial charge in [0.05, 0.1) is 20.6 Å². The number of likely N-dealkylation sites (N-methyl/N-ethyl adjacent to an activating group) is 1. The van der Waals surface area contributed by atoms with Crippen molar-refractivity contribution in [3.05, 3.63) is 35.4 Å². The molecule has 0 saturated carbocycles. The Bertz CT molecular complexity index is 782. The van der Waals surface area contributed by atoms with E-state index in [0.717, 1.165) is 37.8 Å². The maximum Gasteiger partial charge on any atom is 0.470 e. The van der Waals surface area contributed by atoms with Crippen LogP contribution in [0.1, 0.15) is 140 Å². The van der Waals surface area contributed by atoms with Crippen LogP contribution >= 0.6 is 7.82 Å². The monoisotopic (exact) mass is 570 g/mol. The molecule has 1 aromatic carbocycles. The smallest absolute Gasteiger partial charge is 0.384 e. The van der Waals surface area contributed by atoms with Gasteiger partial charge in [0.15, 0.2) is 0 Å². The number of rotatable bonds is 25. The number of unbranched alkanes of at least 4 members (excludes halogenated alkanes) is 15. The summed E-state index contributed by atoms with van der Waals surface area (Å²) in [5, 5.41) is 11.3. The van der Waals surface area contributed by atoms with Crippen LogP contribution in [0.3, 0.4) is 0 Å². The van der Waals surface area contributed by atoms with E-state index in [4.69, 9.17) is 4.52 Å². The van der Waals surface area contributed by atoms with Crippen LogP contribution in [-0.2, 0) is 15.5 Å². The standard InChI is InChI=1S/C32H60NO5P/c1-5-7-9-11-13-14-15-17-19-23-27-33(3,4)28-31(34)32(38-39(35,36)37)30-26-22-21-25-29(30)24-20-18-16-12-10-8-6-2/h21-22,25-26,31-32,34H,5-20,23-24,27-28H2,1-4H3,(H-,35,36,37)/p+1. The molecule has 2 unspecified atom stereocenters. The third kappa shape index (κ3) is 18.3. The van der Waals surface area contributed by atoms with E-state index in [0.29, 0.717) is 16.6 Å². The molecule has 0 fully saturated rings. The first-order chi connectivity index (χ1) is 18.6. The minimum absolute atomic E-state index is 0.369. The van der Waals surface area contributed by atoms with E-state index in [9.17, 15) is 19.5 Å². The first kappa shape index (κ1) is 36.3. The lowest BCUT2D eigenvalue weighted by Crippen LogP contribution is -2.47. The van der Waals surface area contributed by atoms with Crippen LogP contribution in [-0.4, -0.2) is 52.7 Å². The van der Waals surface area contributed by atoms with Gasteiger partial charge in [-0.25, -0.2) is 4.57 Å². The molecule has 0 bridgehead atoms. The average molecular weight is 571 g/mol. The molecule has 0 spiro atoms. The van der Waals surface area contributed by atoms with Gasteiger partial charge >= 0.3 is 7.82 Å². The summed E-state index contributed by atoms with van der Waals surface area (Å²) in [7, 11) is -0.629. The summed E-state index contributed by atoms with van der Waals surface area (Å²) >= 11 is 0.